The van der Waals surface area contributed by atoms with E-state index in [1.165, 1.54) is 17.4 Å². The molecule has 2 aromatic rings. The van der Waals surface area contributed by atoms with E-state index < -0.39 is 11.7 Å². The summed E-state index contributed by atoms with van der Waals surface area (Å²) in [5.41, 5.74) is -0.623. The second kappa shape index (κ2) is 4.64. The zero-order chi connectivity index (χ0) is 13.5. The number of fused-ring (bicyclic) bond motifs is 1. The summed E-state index contributed by atoms with van der Waals surface area (Å²) in [5.74, 6) is 0. The number of halogens is 3. The number of ether oxygens (including phenoxy) is 1. The lowest BCUT2D eigenvalue weighted by Crippen LogP contribution is -2.36. The first-order valence-corrected chi connectivity index (χ1v) is 6.67. The molecule has 7 heteroatoms. The molecule has 1 saturated heterocycles. The number of rotatable bonds is 1. The molecular formula is C12H11F3N2OS. The average Bonchev–Trinajstić information content (AvgIpc) is 2.82. The summed E-state index contributed by atoms with van der Waals surface area (Å²) in [6.07, 6.45) is -4.37. The summed E-state index contributed by atoms with van der Waals surface area (Å²) < 4.78 is 44.5. The summed E-state index contributed by atoms with van der Waals surface area (Å²) in [6.45, 7) is 2.51. The van der Waals surface area contributed by atoms with Gasteiger partial charge < -0.3 is 9.64 Å². The Balaban J connectivity index is 2.05. The van der Waals surface area contributed by atoms with Crippen LogP contribution >= 0.6 is 11.3 Å². The van der Waals surface area contributed by atoms with Crippen LogP contribution in [0.4, 0.5) is 18.3 Å². The maximum absolute atomic E-state index is 12.9. The summed E-state index contributed by atoms with van der Waals surface area (Å²) in [6, 6.07) is 4.17. The van der Waals surface area contributed by atoms with Gasteiger partial charge in [-0.3, -0.25) is 0 Å². The molecule has 1 aliphatic rings. The van der Waals surface area contributed by atoms with Gasteiger partial charge in [-0.1, -0.05) is 17.4 Å². The van der Waals surface area contributed by atoms with Crippen LogP contribution in [0, 0.1) is 0 Å². The Labute approximate surface area is 111 Å². The van der Waals surface area contributed by atoms with Crippen LogP contribution in [0.25, 0.3) is 10.2 Å². The molecule has 1 aromatic carbocycles. The van der Waals surface area contributed by atoms with Crippen molar-refractivity contribution in [3.63, 3.8) is 0 Å². The highest BCUT2D eigenvalue weighted by atomic mass is 32.1. The molecule has 1 aromatic heterocycles. The molecule has 3 nitrogen and oxygen atoms in total. The smallest absolute Gasteiger partial charge is 0.378 e. The van der Waals surface area contributed by atoms with Crippen molar-refractivity contribution in [2.75, 3.05) is 31.2 Å². The minimum absolute atomic E-state index is 0.0430. The van der Waals surface area contributed by atoms with Crippen LogP contribution in [0.1, 0.15) is 5.56 Å². The van der Waals surface area contributed by atoms with E-state index in [1.807, 2.05) is 4.90 Å². The van der Waals surface area contributed by atoms with E-state index in [0.29, 0.717) is 36.1 Å². The van der Waals surface area contributed by atoms with Crippen molar-refractivity contribution in [3.05, 3.63) is 23.8 Å². The summed E-state index contributed by atoms with van der Waals surface area (Å²) in [7, 11) is 0. The van der Waals surface area contributed by atoms with Gasteiger partial charge in [0.1, 0.15) is 0 Å². The molecule has 3 rings (SSSR count). The van der Waals surface area contributed by atoms with Crippen LogP contribution in [-0.4, -0.2) is 31.3 Å². The molecule has 1 fully saturated rings. The van der Waals surface area contributed by atoms with Crippen molar-refractivity contribution in [2.45, 2.75) is 6.18 Å². The van der Waals surface area contributed by atoms with Crippen molar-refractivity contribution < 1.29 is 17.9 Å². The maximum Gasteiger partial charge on any atom is 0.418 e. The first-order chi connectivity index (χ1) is 9.05. The van der Waals surface area contributed by atoms with Gasteiger partial charge in [-0.25, -0.2) is 4.98 Å². The fourth-order valence-corrected chi connectivity index (χ4v) is 3.10. The van der Waals surface area contributed by atoms with Gasteiger partial charge >= 0.3 is 6.18 Å². The predicted molar refractivity (Wildman–Crippen MR) is 67.7 cm³/mol. The Morgan fingerprint density at radius 3 is 2.63 bits per heavy atom. The molecule has 0 atom stereocenters. The molecule has 0 amide bonds. The van der Waals surface area contributed by atoms with E-state index in [0.717, 1.165) is 6.07 Å². The van der Waals surface area contributed by atoms with E-state index in [9.17, 15) is 13.2 Å². The van der Waals surface area contributed by atoms with Crippen LogP contribution in [0.3, 0.4) is 0 Å². The number of alkyl halides is 3. The highest BCUT2D eigenvalue weighted by Gasteiger charge is 2.34. The fraction of sp³-hybridized carbons (Fsp3) is 0.417. The third kappa shape index (κ3) is 2.40. The Morgan fingerprint density at radius 2 is 1.95 bits per heavy atom. The number of morpholine rings is 1. The number of thiazole rings is 1. The summed E-state index contributed by atoms with van der Waals surface area (Å²) >= 11 is 1.29. The molecule has 0 aliphatic carbocycles. The Morgan fingerprint density at radius 1 is 1.21 bits per heavy atom. The predicted octanol–water partition coefficient (Wildman–Crippen LogP) is 3.15. The Kier molecular flexibility index (Phi) is 3.10. The van der Waals surface area contributed by atoms with Gasteiger partial charge in [0, 0.05) is 13.1 Å². The van der Waals surface area contributed by atoms with E-state index in [2.05, 4.69) is 4.98 Å². The van der Waals surface area contributed by atoms with Gasteiger partial charge in [-0.15, -0.1) is 0 Å². The molecule has 0 bridgehead atoms. The van der Waals surface area contributed by atoms with Gasteiger partial charge in [0.25, 0.3) is 0 Å². The lowest BCUT2D eigenvalue weighted by Gasteiger charge is -2.25. The first-order valence-electron chi connectivity index (χ1n) is 5.85. The van der Waals surface area contributed by atoms with Gasteiger partial charge in [-0.2, -0.15) is 13.2 Å². The topological polar surface area (TPSA) is 25.4 Å². The number of hydrogen-bond acceptors (Lipinski definition) is 4. The molecular weight excluding hydrogens is 277 g/mol. The SMILES string of the molecule is FC(F)(F)c1cccc2sc(N3CCOCC3)nc12. The summed E-state index contributed by atoms with van der Waals surface area (Å²) in [5, 5.41) is 0.634. The standard InChI is InChI=1S/C12H11F3N2OS/c13-12(14,15)8-2-1-3-9-10(8)16-11(19-9)17-4-6-18-7-5-17/h1-3H,4-7H2. The molecule has 1 aliphatic heterocycles. The van der Waals surface area contributed by atoms with Gasteiger partial charge in [-0.05, 0) is 12.1 Å². The van der Waals surface area contributed by atoms with E-state index >= 15 is 0 Å². The van der Waals surface area contributed by atoms with Crippen LogP contribution in [0.2, 0.25) is 0 Å². The lowest BCUT2D eigenvalue weighted by atomic mass is 10.2. The van der Waals surface area contributed by atoms with Crippen LogP contribution < -0.4 is 4.90 Å². The number of para-hydroxylation sites is 1. The third-order valence-electron chi connectivity index (χ3n) is 2.99. The lowest BCUT2D eigenvalue weighted by molar-refractivity contribution is -0.136. The highest BCUT2D eigenvalue weighted by molar-refractivity contribution is 7.22. The van der Waals surface area contributed by atoms with Crippen LogP contribution in [-0.2, 0) is 10.9 Å². The minimum Gasteiger partial charge on any atom is -0.378 e. The fourth-order valence-electron chi connectivity index (χ4n) is 2.06. The normalized spacial score (nSPS) is 17.1. The zero-order valence-corrected chi connectivity index (χ0v) is 10.7. The second-order valence-corrected chi connectivity index (χ2v) is 5.26. The van der Waals surface area contributed by atoms with Crippen LogP contribution in [0.15, 0.2) is 18.2 Å². The number of nitrogens with zero attached hydrogens (tertiary/aromatic N) is 2. The number of hydrogen-bond donors (Lipinski definition) is 0. The third-order valence-corrected chi connectivity index (χ3v) is 4.08. The molecule has 2 heterocycles. The Hall–Kier alpha value is -1.34. The van der Waals surface area contributed by atoms with Crippen molar-refractivity contribution in [1.82, 2.24) is 4.98 Å². The maximum atomic E-state index is 12.9. The van der Waals surface area contributed by atoms with Gasteiger partial charge in [0.2, 0.25) is 0 Å². The number of benzene rings is 1. The van der Waals surface area contributed by atoms with Crippen molar-refractivity contribution in [2.24, 2.45) is 0 Å². The zero-order valence-electron chi connectivity index (χ0n) is 9.91. The second-order valence-electron chi connectivity index (χ2n) is 4.25. The van der Waals surface area contributed by atoms with Gasteiger partial charge in [0.05, 0.1) is 29.0 Å². The van der Waals surface area contributed by atoms with Gasteiger partial charge in [0.15, 0.2) is 5.13 Å². The minimum atomic E-state index is -4.37. The van der Waals surface area contributed by atoms with E-state index in [-0.39, 0.29) is 5.52 Å². The number of aromatic nitrogens is 1. The summed E-state index contributed by atoms with van der Waals surface area (Å²) in [4.78, 5) is 6.14. The highest BCUT2D eigenvalue weighted by Crippen LogP contribution is 2.38. The quantitative estimate of drug-likeness (QED) is 0.806. The average molecular weight is 288 g/mol. The largest absolute Gasteiger partial charge is 0.418 e. The van der Waals surface area contributed by atoms with E-state index in [1.54, 1.807) is 6.07 Å². The van der Waals surface area contributed by atoms with Crippen molar-refractivity contribution in [3.8, 4) is 0 Å². The molecule has 0 saturated carbocycles. The molecule has 0 spiro atoms. The van der Waals surface area contributed by atoms with E-state index in [4.69, 9.17) is 4.74 Å². The van der Waals surface area contributed by atoms with Crippen molar-refractivity contribution in [1.29, 1.82) is 0 Å². The molecule has 102 valence electrons. The number of anilines is 1. The molecule has 19 heavy (non-hydrogen) atoms. The Bertz CT molecular complexity index is 590. The van der Waals surface area contributed by atoms with Crippen LogP contribution in [0.5, 0.6) is 0 Å². The first kappa shape index (κ1) is 12.7. The molecule has 0 unspecified atom stereocenters. The molecule has 0 N–H and O–H groups in total. The molecule has 0 radical (unpaired) electrons. The van der Waals surface area contributed by atoms with Crippen molar-refractivity contribution >= 4 is 26.7 Å². The monoisotopic (exact) mass is 288 g/mol.